The number of hydrogen-bond acceptors (Lipinski definition) is 4. The van der Waals surface area contributed by atoms with Crippen molar-refractivity contribution in [1.29, 1.82) is 0 Å². The molecular weight excluding hydrogens is 388 g/mol. The number of anilines is 1. The maximum absolute atomic E-state index is 12.1. The highest BCUT2D eigenvalue weighted by atomic mass is 79.9. The van der Waals surface area contributed by atoms with Crippen LogP contribution in [0.25, 0.3) is 0 Å². The van der Waals surface area contributed by atoms with Crippen LogP contribution in [0.5, 0.6) is 0 Å². The molecule has 0 saturated carbocycles. The molecule has 1 aromatic carbocycles. The number of nitrogens with two attached hydrogens (primary N) is 1. The second-order valence-electron chi connectivity index (χ2n) is 4.21. The fourth-order valence-corrected chi connectivity index (χ4v) is 2.46. The van der Waals surface area contributed by atoms with Gasteiger partial charge in [-0.3, -0.25) is 4.79 Å². The van der Waals surface area contributed by atoms with Crippen LogP contribution in [0.3, 0.4) is 0 Å². The van der Waals surface area contributed by atoms with E-state index in [9.17, 15) is 4.79 Å². The second-order valence-corrected chi connectivity index (χ2v) is 5.77. The zero-order valence-corrected chi connectivity index (χ0v) is 13.8. The molecule has 3 N–H and O–H groups in total. The van der Waals surface area contributed by atoms with E-state index in [1.54, 1.807) is 0 Å². The lowest BCUT2D eigenvalue weighted by Gasteiger charge is -2.13. The Morgan fingerprint density at radius 2 is 1.95 bits per heavy atom. The summed E-state index contributed by atoms with van der Waals surface area (Å²) in [6.07, 6.45) is 1.50. The highest BCUT2D eigenvalue weighted by Gasteiger charge is 2.17. The van der Waals surface area contributed by atoms with E-state index in [0.29, 0.717) is 15.0 Å². The average molecular weight is 400 g/mol. The van der Waals surface area contributed by atoms with Crippen LogP contribution in [-0.2, 0) is 4.79 Å². The van der Waals surface area contributed by atoms with E-state index in [1.807, 2.05) is 31.2 Å². The molecule has 0 radical (unpaired) electrons. The van der Waals surface area contributed by atoms with Crippen molar-refractivity contribution in [2.75, 3.05) is 5.32 Å². The predicted octanol–water partition coefficient (Wildman–Crippen LogP) is 2.95. The minimum absolute atomic E-state index is 0.334. The Morgan fingerprint density at radius 3 is 2.55 bits per heavy atom. The number of halogens is 2. The van der Waals surface area contributed by atoms with Gasteiger partial charge in [-0.05, 0) is 44.3 Å². The molecule has 0 aliphatic rings. The molecule has 5 nitrogen and oxygen atoms in total. The number of benzene rings is 1. The Hall–Kier alpha value is -1.31. The molecule has 7 heteroatoms. The molecule has 0 spiro atoms. The van der Waals surface area contributed by atoms with Crippen molar-refractivity contribution in [1.82, 2.24) is 9.97 Å². The van der Waals surface area contributed by atoms with Gasteiger partial charge in [0.2, 0.25) is 5.91 Å². The van der Waals surface area contributed by atoms with Crippen LogP contribution in [0.15, 0.2) is 39.7 Å². The first-order chi connectivity index (χ1) is 9.47. The number of aryl methyl sites for hydroxylation is 1. The van der Waals surface area contributed by atoms with Crippen molar-refractivity contribution in [2.45, 2.75) is 13.0 Å². The third-order valence-electron chi connectivity index (χ3n) is 2.66. The molecule has 0 saturated heterocycles. The van der Waals surface area contributed by atoms with Crippen molar-refractivity contribution in [3.05, 3.63) is 50.8 Å². The SMILES string of the molecule is Cc1ccc(C(N)C(=O)Nc2ncc(Br)nc2Br)cc1. The van der Waals surface area contributed by atoms with Crippen molar-refractivity contribution in [3.8, 4) is 0 Å². The third kappa shape index (κ3) is 3.62. The molecule has 0 fully saturated rings. The second kappa shape index (κ2) is 6.43. The van der Waals surface area contributed by atoms with Gasteiger partial charge in [-0.2, -0.15) is 0 Å². The average Bonchev–Trinajstić information content (AvgIpc) is 2.42. The maximum atomic E-state index is 12.1. The zero-order chi connectivity index (χ0) is 14.7. The number of nitrogens with zero attached hydrogens (tertiary/aromatic N) is 2. The summed E-state index contributed by atoms with van der Waals surface area (Å²) in [7, 11) is 0. The quantitative estimate of drug-likeness (QED) is 0.831. The highest BCUT2D eigenvalue weighted by molar-refractivity contribution is 9.11. The lowest BCUT2D eigenvalue weighted by molar-refractivity contribution is -0.117. The normalized spacial score (nSPS) is 12.0. The van der Waals surface area contributed by atoms with E-state index in [0.717, 1.165) is 11.1 Å². The first kappa shape index (κ1) is 15.1. The van der Waals surface area contributed by atoms with Gasteiger partial charge in [-0.25, -0.2) is 9.97 Å². The van der Waals surface area contributed by atoms with E-state index in [4.69, 9.17) is 5.73 Å². The van der Waals surface area contributed by atoms with Gasteiger partial charge in [0.25, 0.3) is 0 Å². The molecule has 1 atom stereocenters. The van der Waals surface area contributed by atoms with Gasteiger partial charge in [-0.1, -0.05) is 29.8 Å². The van der Waals surface area contributed by atoms with Gasteiger partial charge in [0.05, 0.1) is 6.20 Å². The summed E-state index contributed by atoms with van der Waals surface area (Å²) >= 11 is 6.43. The fraction of sp³-hybridized carbons (Fsp3) is 0.154. The van der Waals surface area contributed by atoms with Crippen molar-refractivity contribution < 1.29 is 4.79 Å². The van der Waals surface area contributed by atoms with E-state index >= 15 is 0 Å². The summed E-state index contributed by atoms with van der Waals surface area (Å²) in [5, 5.41) is 2.65. The lowest BCUT2D eigenvalue weighted by atomic mass is 10.1. The van der Waals surface area contributed by atoms with Crippen molar-refractivity contribution in [3.63, 3.8) is 0 Å². The Balaban J connectivity index is 2.13. The summed E-state index contributed by atoms with van der Waals surface area (Å²) < 4.78 is 1.02. The van der Waals surface area contributed by atoms with E-state index in [-0.39, 0.29) is 5.91 Å². The summed E-state index contributed by atoms with van der Waals surface area (Å²) in [6.45, 7) is 1.98. The number of amides is 1. The van der Waals surface area contributed by atoms with E-state index in [1.165, 1.54) is 6.20 Å². The molecule has 2 rings (SSSR count). The topological polar surface area (TPSA) is 80.9 Å². The monoisotopic (exact) mass is 398 g/mol. The largest absolute Gasteiger partial charge is 0.316 e. The molecule has 2 aromatic rings. The molecule has 1 amide bonds. The number of carbonyl (C=O) groups is 1. The van der Waals surface area contributed by atoms with Crippen molar-refractivity contribution >= 4 is 43.6 Å². The van der Waals surface area contributed by atoms with E-state index < -0.39 is 6.04 Å². The Kier molecular flexibility index (Phi) is 4.85. The molecule has 104 valence electrons. The first-order valence-corrected chi connectivity index (χ1v) is 7.37. The summed E-state index contributed by atoms with van der Waals surface area (Å²) in [5.41, 5.74) is 7.79. The fourth-order valence-electron chi connectivity index (χ4n) is 1.55. The van der Waals surface area contributed by atoms with Crippen LogP contribution in [0.1, 0.15) is 17.2 Å². The standard InChI is InChI=1S/C13H12Br2N4O/c1-7-2-4-8(5-3-7)10(16)13(20)19-12-11(15)18-9(14)6-17-12/h2-6,10H,16H2,1H3,(H,17,19,20). The molecular formula is C13H12Br2N4O. The van der Waals surface area contributed by atoms with Gasteiger partial charge in [-0.15, -0.1) is 0 Å². The predicted molar refractivity (Wildman–Crippen MR) is 84.2 cm³/mol. The molecule has 1 aromatic heterocycles. The lowest BCUT2D eigenvalue weighted by Crippen LogP contribution is -2.28. The van der Waals surface area contributed by atoms with Crippen molar-refractivity contribution in [2.24, 2.45) is 5.73 Å². The number of carbonyl (C=O) groups excluding carboxylic acids is 1. The minimum atomic E-state index is -0.757. The molecule has 20 heavy (non-hydrogen) atoms. The van der Waals surface area contributed by atoms with E-state index in [2.05, 4.69) is 47.1 Å². The van der Waals surface area contributed by atoms with Crippen LogP contribution >= 0.6 is 31.9 Å². The summed E-state index contributed by atoms with van der Waals surface area (Å²) in [6, 6.07) is 6.74. The van der Waals surface area contributed by atoms with Gasteiger partial charge < -0.3 is 11.1 Å². The van der Waals surface area contributed by atoms with Gasteiger partial charge in [0.15, 0.2) is 5.82 Å². The van der Waals surface area contributed by atoms with Gasteiger partial charge >= 0.3 is 0 Å². The molecule has 1 unspecified atom stereocenters. The summed E-state index contributed by atoms with van der Waals surface area (Å²) in [5.74, 6) is -0.00747. The Bertz CT molecular complexity index is 631. The summed E-state index contributed by atoms with van der Waals surface area (Å²) in [4.78, 5) is 20.2. The molecule has 0 bridgehead atoms. The first-order valence-electron chi connectivity index (χ1n) is 5.78. The molecule has 0 aliphatic carbocycles. The number of hydrogen-bond donors (Lipinski definition) is 2. The van der Waals surface area contributed by atoms with Gasteiger partial charge in [0, 0.05) is 0 Å². The number of rotatable bonds is 3. The third-order valence-corrected chi connectivity index (χ3v) is 3.60. The molecule has 0 aliphatic heterocycles. The highest BCUT2D eigenvalue weighted by Crippen LogP contribution is 2.21. The maximum Gasteiger partial charge on any atom is 0.247 e. The van der Waals surface area contributed by atoms with Crippen LogP contribution in [0, 0.1) is 6.92 Å². The van der Waals surface area contributed by atoms with Crippen LogP contribution < -0.4 is 11.1 Å². The molecule has 1 heterocycles. The Labute approximate surface area is 133 Å². The van der Waals surface area contributed by atoms with Crippen LogP contribution in [0.4, 0.5) is 5.82 Å². The number of nitrogens with one attached hydrogen (secondary N) is 1. The number of aromatic nitrogens is 2. The Morgan fingerprint density at radius 1 is 1.30 bits per heavy atom. The van der Waals surface area contributed by atoms with Crippen LogP contribution in [-0.4, -0.2) is 15.9 Å². The van der Waals surface area contributed by atoms with Crippen LogP contribution in [0.2, 0.25) is 0 Å². The zero-order valence-electron chi connectivity index (χ0n) is 10.6. The minimum Gasteiger partial charge on any atom is -0.316 e. The van der Waals surface area contributed by atoms with Gasteiger partial charge in [0.1, 0.15) is 15.2 Å². The smallest absolute Gasteiger partial charge is 0.247 e.